The van der Waals surface area contributed by atoms with Gasteiger partial charge in [-0.1, -0.05) is 29.5 Å². The van der Waals surface area contributed by atoms with Gasteiger partial charge in [-0.15, -0.1) is 0 Å². The van der Waals surface area contributed by atoms with E-state index in [4.69, 9.17) is 4.74 Å². The van der Waals surface area contributed by atoms with E-state index < -0.39 is 6.10 Å². The predicted octanol–water partition coefficient (Wildman–Crippen LogP) is 2.84. The van der Waals surface area contributed by atoms with Crippen molar-refractivity contribution in [1.82, 2.24) is 4.98 Å². The van der Waals surface area contributed by atoms with Crippen LogP contribution >= 0.6 is 11.3 Å². The van der Waals surface area contributed by atoms with Crippen LogP contribution in [0.3, 0.4) is 0 Å². The number of aliphatic hydroxyl groups is 1. The summed E-state index contributed by atoms with van der Waals surface area (Å²) in [5, 5.41) is 10.4. The lowest BCUT2D eigenvalue weighted by Gasteiger charge is -2.17. The third-order valence-electron chi connectivity index (χ3n) is 2.85. The summed E-state index contributed by atoms with van der Waals surface area (Å²) in [7, 11) is 3.66. The number of thiazole rings is 1. The van der Waals surface area contributed by atoms with Crippen molar-refractivity contribution >= 4 is 16.5 Å². The smallest absolute Gasteiger partial charge is 0.185 e. The zero-order valence-corrected chi connectivity index (χ0v) is 12.1. The van der Waals surface area contributed by atoms with Crippen molar-refractivity contribution in [2.24, 2.45) is 0 Å². The summed E-state index contributed by atoms with van der Waals surface area (Å²) < 4.78 is 5.34. The van der Waals surface area contributed by atoms with Crippen molar-refractivity contribution in [3.8, 4) is 5.75 Å². The van der Waals surface area contributed by atoms with E-state index in [-0.39, 0.29) is 0 Å². The van der Waals surface area contributed by atoms with Crippen LogP contribution in [-0.2, 0) is 6.54 Å². The molecular weight excluding hydrogens is 260 g/mol. The molecule has 0 aliphatic heterocycles. The summed E-state index contributed by atoms with van der Waals surface area (Å²) in [4.78, 5) is 7.26. The molecule has 1 unspecified atom stereocenters. The first-order valence-corrected chi connectivity index (χ1v) is 6.90. The average Bonchev–Trinajstić information content (AvgIpc) is 2.89. The van der Waals surface area contributed by atoms with Crippen LogP contribution in [0, 0.1) is 0 Å². The Morgan fingerprint density at radius 1 is 1.42 bits per heavy atom. The number of benzene rings is 1. The molecule has 1 N–H and O–H groups in total. The van der Waals surface area contributed by atoms with E-state index in [9.17, 15) is 5.11 Å². The minimum absolute atomic E-state index is 0.467. The van der Waals surface area contributed by atoms with Crippen molar-refractivity contribution in [2.45, 2.75) is 19.6 Å². The molecule has 2 aromatic rings. The molecule has 0 saturated heterocycles. The van der Waals surface area contributed by atoms with Crippen LogP contribution in [0.5, 0.6) is 5.75 Å². The fourth-order valence-corrected chi connectivity index (χ4v) is 2.62. The highest BCUT2D eigenvalue weighted by Crippen LogP contribution is 2.28. The molecule has 1 heterocycles. The molecule has 0 aliphatic carbocycles. The molecule has 1 aromatic heterocycles. The Morgan fingerprint density at radius 3 is 2.79 bits per heavy atom. The molecule has 5 heteroatoms. The van der Waals surface area contributed by atoms with E-state index >= 15 is 0 Å². The number of hydrogen-bond donors (Lipinski definition) is 1. The number of aromatic nitrogens is 1. The van der Waals surface area contributed by atoms with Crippen molar-refractivity contribution < 1.29 is 9.84 Å². The summed E-state index contributed by atoms with van der Waals surface area (Å²) in [6.07, 6.45) is 1.26. The Hall–Kier alpha value is -1.59. The van der Waals surface area contributed by atoms with E-state index in [0.29, 0.717) is 0 Å². The number of aliphatic hydroxyl groups excluding tert-OH is 1. The maximum atomic E-state index is 9.52. The molecule has 1 atom stereocenters. The van der Waals surface area contributed by atoms with Gasteiger partial charge in [0, 0.05) is 25.4 Å². The zero-order chi connectivity index (χ0) is 13.8. The molecule has 0 saturated carbocycles. The third kappa shape index (κ3) is 3.24. The number of nitrogens with zero attached hydrogens (tertiary/aromatic N) is 2. The number of rotatable bonds is 5. The lowest BCUT2D eigenvalue weighted by Crippen LogP contribution is -2.16. The van der Waals surface area contributed by atoms with Crippen LogP contribution in [0.4, 0.5) is 5.13 Å². The number of hydrogen-bond acceptors (Lipinski definition) is 5. The first kappa shape index (κ1) is 13.8. The van der Waals surface area contributed by atoms with Gasteiger partial charge in [0.05, 0.1) is 18.1 Å². The standard InChI is InChI=1S/C14H18N2O2S/c1-10(17)13-8-15-14(19-13)16(2)9-11-6-4-5-7-12(11)18-3/h4-8,10,17H,9H2,1-3H3. The second kappa shape index (κ2) is 6.04. The summed E-state index contributed by atoms with van der Waals surface area (Å²) in [5.41, 5.74) is 1.11. The monoisotopic (exact) mass is 278 g/mol. The van der Waals surface area contributed by atoms with Crippen molar-refractivity contribution in [1.29, 1.82) is 0 Å². The normalized spacial score (nSPS) is 12.2. The van der Waals surface area contributed by atoms with E-state index in [2.05, 4.69) is 9.88 Å². The Morgan fingerprint density at radius 2 is 2.16 bits per heavy atom. The van der Waals surface area contributed by atoms with Crippen LogP contribution in [0.2, 0.25) is 0 Å². The van der Waals surface area contributed by atoms with Gasteiger partial charge in [-0.05, 0) is 13.0 Å². The van der Waals surface area contributed by atoms with Gasteiger partial charge in [0.15, 0.2) is 5.13 Å². The lowest BCUT2D eigenvalue weighted by atomic mass is 10.2. The van der Waals surface area contributed by atoms with Crippen molar-refractivity contribution in [3.63, 3.8) is 0 Å². The first-order valence-electron chi connectivity index (χ1n) is 6.08. The lowest BCUT2D eigenvalue weighted by molar-refractivity contribution is 0.203. The predicted molar refractivity (Wildman–Crippen MR) is 77.8 cm³/mol. The number of para-hydroxylation sites is 1. The highest BCUT2D eigenvalue weighted by atomic mass is 32.1. The molecule has 0 fully saturated rings. The van der Waals surface area contributed by atoms with Gasteiger partial charge in [0.1, 0.15) is 5.75 Å². The van der Waals surface area contributed by atoms with Crippen LogP contribution in [0.15, 0.2) is 30.5 Å². The van der Waals surface area contributed by atoms with E-state index in [1.807, 2.05) is 31.3 Å². The summed E-state index contributed by atoms with van der Waals surface area (Å²) in [6.45, 7) is 2.47. The van der Waals surface area contributed by atoms with Crippen LogP contribution in [0.1, 0.15) is 23.5 Å². The maximum absolute atomic E-state index is 9.52. The van der Waals surface area contributed by atoms with Gasteiger partial charge in [-0.3, -0.25) is 0 Å². The molecule has 19 heavy (non-hydrogen) atoms. The van der Waals surface area contributed by atoms with E-state index in [1.54, 1.807) is 20.2 Å². The Balaban J connectivity index is 2.13. The van der Waals surface area contributed by atoms with E-state index in [1.165, 1.54) is 11.3 Å². The number of methoxy groups -OCH3 is 1. The largest absolute Gasteiger partial charge is 0.496 e. The zero-order valence-electron chi connectivity index (χ0n) is 11.3. The fraction of sp³-hybridized carbons (Fsp3) is 0.357. The SMILES string of the molecule is COc1ccccc1CN(C)c1ncc(C(C)O)s1. The topological polar surface area (TPSA) is 45.6 Å². The molecule has 0 bridgehead atoms. The van der Waals surface area contributed by atoms with Crippen molar-refractivity contribution in [2.75, 3.05) is 19.1 Å². The van der Waals surface area contributed by atoms with Crippen LogP contribution in [0.25, 0.3) is 0 Å². The summed E-state index contributed by atoms with van der Waals surface area (Å²) >= 11 is 1.51. The minimum Gasteiger partial charge on any atom is -0.496 e. The quantitative estimate of drug-likeness (QED) is 0.913. The second-order valence-corrected chi connectivity index (χ2v) is 5.43. The second-order valence-electron chi connectivity index (χ2n) is 4.39. The molecule has 4 nitrogen and oxygen atoms in total. The van der Waals surface area contributed by atoms with Gasteiger partial charge in [-0.2, -0.15) is 0 Å². The maximum Gasteiger partial charge on any atom is 0.185 e. The Labute approximate surface area is 117 Å². The Bertz CT molecular complexity index is 540. The van der Waals surface area contributed by atoms with Crippen molar-refractivity contribution in [3.05, 3.63) is 40.9 Å². The summed E-state index contributed by atoms with van der Waals surface area (Å²) in [6, 6.07) is 7.94. The molecule has 0 amide bonds. The molecule has 102 valence electrons. The average molecular weight is 278 g/mol. The molecule has 2 rings (SSSR count). The minimum atomic E-state index is -0.467. The first-order chi connectivity index (χ1) is 9.11. The van der Waals surface area contributed by atoms with Gasteiger partial charge in [-0.25, -0.2) is 4.98 Å². The highest BCUT2D eigenvalue weighted by molar-refractivity contribution is 7.15. The van der Waals surface area contributed by atoms with Gasteiger partial charge in [0.2, 0.25) is 0 Å². The Kier molecular flexibility index (Phi) is 4.39. The number of anilines is 1. The molecule has 0 spiro atoms. The molecular formula is C14H18N2O2S. The molecule has 0 aliphatic rings. The molecule has 0 radical (unpaired) electrons. The van der Waals surface area contributed by atoms with Gasteiger partial charge >= 0.3 is 0 Å². The van der Waals surface area contributed by atoms with Gasteiger partial charge in [0.25, 0.3) is 0 Å². The van der Waals surface area contributed by atoms with Crippen LogP contribution in [-0.4, -0.2) is 24.2 Å². The third-order valence-corrected chi connectivity index (χ3v) is 4.13. The highest BCUT2D eigenvalue weighted by Gasteiger charge is 2.12. The molecule has 1 aromatic carbocycles. The van der Waals surface area contributed by atoms with Crippen LogP contribution < -0.4 is 9.64 Å². The number of ether oxygens (including phenoxy) is 1. The summed E-state index contributed by atoms with van der Waals surface area (Å²) in [5.74, 6) is 0.877. The van der Waals surface area contributed by atoms with Gasteiger partial charge < -0.3 is 14.7 Å². The fourth-order valence-electron chi connectivity index (χ4n) is 1.80. The van der Waals surface area contributed by atoms with E-state index in [0.717, 1.165) is 27.9 Å².